The van der Waals surface area contributed by atoms with Crippen LogP contribution in [0.25, 0.3) is 0 Å². The van der Waals surface area contributed by atoms with Gasteiger partial charge in [-0.3, -0.25) is 4.79 Å². The Bertz CT molecular complexity index is 409. The molecule has 0 saturated heterocycles. The summed E-state index contributed by atoms with van der Waals surface area (Å²) >= 11 is 2.31. The minimum atomic E-state index is -1.18. The molecule has 2 N–H and O–H groups in total. The predicted octanol–water partition coefficient (Wildman–Crippen LogP) is 1.76. The molecule has 0 fully saturated rings. The summed E-state index contributed by atoms with van der Waals surface area (Å²) in [5, 5.41) is 16.3. The molecular formula is C14H20CoO7-2. The van der Waals surface area contributed by atoms with Crippen LogP contribution in [0.3, 0.4) is 0 Å². The number of carboxylic acid groups (broad SMARTS) is 2. The molecule has 0 rings (SSSR count). The van der Waals surface area contributed by atoms with Crippen molar-refractivity contribution in [3.05, 3.63) is 38.2 Å². The van der Waals surface area contributed by atoms with Crippen LogP contribution in [0, 0.1) is 19.3 Å². The first-order valence-electron chi connectivity index (χ1n) is 5.66. The Morgan fingerprint density at radius 2 is 1.50 bits per heavy atom. The standard InChI is InChI=1S/C10H15O4.C4H5O2.Co.O/c1-7(9(12)13)5-8(11)14-6-10(2,3)4;1-3(2)4(5)6;;/h1-2,5-6H2,3-4H3,(H,12,13);1-2H2,(H,5,6);;/q2*-1;;. The van der Waals surface area contributed by atoms with Gasteiger partial charge in [0.05, 0.1) is 13.0 Å². The molecule has 0 bridgehead atoms. The Hall–Kier alpha value is -1.93. The van der Waals surface area contributed by atoms with Crippen molar-refractivity contribution >= 4 is 17.9 Å². The second-order valence-electron chi connectivity index (χ2n) is 4.82. The van der Waals surface area contributed by atoms with E-state index >= 15 is 0 Å². The fourth-order valence-corrected chi connectivity index (χ4v) is 0.577. The maximum absolute atomic E-state index is 11.0. The molecule has 7 nitrogen and oxygen atoms in total. The number of ether oxygens (including phenoxy) is 1. The first-order valence-corrected chi connectivity index (χ1v) is 6.09. The van der Waals surface area contributed by atoms with Gasteiger partial charge in [0, 0.05) is 5.57 Å². The van der Waals surface area contributed by atoms with Crippen molar-refractivity contribution in [3.63, 3.8) is 0 Å². The van der Waals surface area contributed by atoms with E-state index in [0.29, 0.717) is 0 Å². The van der Waals surface area contributed by atoms with Gasteiger partial charge in [-0.1, -0.05) is 20.4 Å². The van der Waals surface area contributed by atoms with E-state index in [1.165, 1.54) is 0 Å². The van der Waals surface area contributed by atoms with Crippen LogP contribution in [-0.2, 0) is 38.7 Å². The van der Waals surface area contributed by atoms with E-state index in [9.17, 15) is 14.4 Å². The van der Waals surface area contributed by atoms with E-state index in [-0.39, 0.29) is 29.6 Å². The molecule has 129 valence electrons. The number of carboxylic acids is 2. The quantitative estimate of drug-likeness (QED) is 0.421. The van der Waals surface area contributed by atoms with Crippen molar-refractivity contribution in [2.75, 3.05) is 6.61 Å². The van der Waals surface area contributed by atoms with Crippen molar-refractivity contribution in [1.29, 1.82) is 0 Å². The number of hydrogen-bond acceptors (Lipinski definition) is 5. The van der Waals surface area contributed by atoms with Gasteiger partial charge in [-0.15, -0.1) is 11.0 Å². The van der Waals surface area contributed by atoms with Crippen LogP contribution < -0.4 is 0 Å². The van der Waals surface area contributed by atoms with Crippen molar-refractivity contribution in [3.8, 4) is 0 Å². The Morgan fingerprint density at radius 3 is 1.73 bits per heavy atom. The molecule has 0 spiro atoms. The van der Waals surface area contributed by atoms with Crippen LogP contribution in [-0.4, -0.2) is 34.7 Å². The Labute approximate surface area is 137 Å². The van der Waals surface area contributed by atoms with Gasteiger partial charge >= 0.3 is 31.5 Å². The summed E-state index contributed by atoms with van der Waals surface area (Å²) in [5.74, 6) is -2.82. The van der Waals surface area contributed by atoms with Gasteiger partial charge in [-0.05, 0) is 0 Å². The van der Waals surface area contributed by atoms with Crippen LogP contribution >= 0.6 is 0 Å². The second kappa shape index (κ2) is 12.8. The van der Waals surface area contributed by atoms with Gasteiger partial charge in [-0.25, -0.2) is 4.79 Å². The van der Waals surface area contributed by atoms with Crippen molar-refractivity contribution in [2.45, 2.75) is 20.3 Å². The van der Waals surface area contributed by atoms with E-state index in [4.69, 9.17) is 18.8 Å². The molecule has 0 unspecified atom stereocenters. The summed E-state index contributed by atoms with van der Waals surface area (Å²) in [6.07, 6.45) is -0.286. The number of rotatable bonds is 6. The van der Waals surface area contributed by atoms with E-state index in [2.05, 4.69) is 42.7 Å². The number of esters is 1. The summed E-state index contributed by atoms with van der Waals surface area (Å²) in [7, 11) is 0. The van der Waals surface area contributed by atoms with Crippen LogP contribution in [0.15, 0.2) is 24.3 Å². The normalized spacial score (nSPS) is 9.09. The molecule has 0 heterocycles. The summed E-state index contributed by atoms with van der Waals surface area (Å²) in [4.78, 5) is 30.9. The zero-order chi connectivity index (χ0) is 18.5. The summed E-state index contributed by atoms with van der Waals surface area (Å²) in [5.41, 5.74) is -0.605. The third-order valence-corrected chi connectivity index (χ3v) is 1.59. The van der Waals surface area contributed by atoms with Crippen LogP contribution in [0.2, 0.25) is 0 Å². The zero-order valence-corrected chi connectivity index (χ0v) is 13.6. The molecule has 0 atom stereocenters. The van der Waals surface area contributed by atoms with Gasteiger partial charge in [0.1, 0.15) is 0 Å². The Morgan fingerprint density at radius 1 is 1.14 bits per heavy atom. The number of hydrogen-bond donors (Lipinski definition) is 2. The fourth-order valence-electron chi connectivity index (χ4n) is 0.577. The SMILES string of the molecule is C=C(CC(=O)OCC([CH2-])(C)C)C(=O)O.C=C([CH2-])C(=O)O.[O]=[Co]. The molecule has 0 aliphatic heterocycles. The Balaban J connectivity index is -0.000000378. The summed E-state index contributed by atoms with van der Waals surface area (Å²) in [6, 6.07) is 0. The van der Waals surface area contributed by atoms with Crippen molar-refractivity contribution < 1.29 is 48.9 Å². The molecular weight excluding hydrogens is 339 g/mol. The third kappa shape index (κ3) is 20.4. The molecule has 0 amide bonds. The number of carbonyl (C=O) groups is 3. The molecule has 0 radical (unpaired) electrons. The second-order valence-corrected chi connectivity index (χ2v) is 4.82. The monoisotopic (exact) mass is 359 g/mol. The van der Waals surface area contributed by atoms with Crippen LogP contribution in [0.4, 0.5) is 0 Å². The Kier molecular flexibility index (Phi) is 14.5. The summed E-state index contributed by atoms with van der Waals surface area (Å²) in [6.45, 7) is 16.8. The fraction of sp³-hybridized carbons (Fsp3) is 0.357. The van der Waals surface area contributed by atoms with E-state index in [1.54, 1.807) is 0 Å². The zero-order valence-electron chi connectivity index (χ0n) is 12.5. The molecule has 0 aliphatic carbocycles. The molecule has 8 heteroatoms. The average molecular weight is 359 g/mol. The van der Waals surface area contributed by atoms with Crippen molar-refractivity contribution in [2.24, 2.45) is 5.41 Å². The van der Waals surface area contributed by atoms with Crippen LogP contribution in [0.5, 0.6) is 0 Å². The maximum atomic E-state index is 11.0. The van der Waals surface area contributed by atoms with Crippen LogP contribution in [0.1, 0.15) is 20.3 Å². The minimum absolute atomic E-state index is 0.0741. The number of carbonyl (C=O) groups excluding carboxylic acids is 1. The van der Waals surface area contributed by atoms with Gasteiger partial charge in [0.15, 0.2) is 0 Å². The number of aliphatic carboxylic acids is 2. The third-order valence-electron chi connectivity index (χ3n) is 1.59. The first-order chi connectivity index (χ1) is 9.86. The van der Waals surface area contributed by atoms with Gasteiger partial charge in [0.25, 0.3) is 0 Å². The predicted molar refractivity (Wildman–Crippen MR) is 74.3 cm³/mol. The molecule has 0 aliphatic rings. The summed E-state index contributed by atoms with van der Waals surface area (Å²) < 4.78 is 12.7. The topological polar surface area (TPSA) is 118 Å². The molecule has 0 saturated carbocycles. The van der Waals surface area contributed by atoms with Crippen molar-refractivity contribution in [1.82, 2.24) is 0 Å². The molecule has 0 aromatic carbocycles. The first kappa shape index (κ1) is 25.0. The van der Waals surface area contributed by atoms with E-state index in [1.807, 2.05) is 13.8 Å². The molecule has 22 heavy (non-hydrogen) atoms. The van der Waals surface area contributed by atoms with E-state index < -0.39 is 17.9 Å². The molecule has 0 aromatic rings. The average Bonchev–Trinajstić information content (AvgIpc) is 2.38. The van der Waals surface area contributed by atoms with Gasteiger partial charge in [0.2, 0.25) is 5.97 Å². The van der Waals surface area contributed by atoms with Gasteiger partial charge < -0.3 is 26.7 Å². The van der Waals surface area contributed by atoms with Gasteiger partial charge in [-0.2, -0.15) is 13.5 Å². The van der Waals surface area contributed by atoms with E-state index in [0.717, 1.165) is 0 Å². The molecule has 0 aromatic heterocycles.